The van der Waals surface area contributed by atoms with Crippen LogP contribution in [-0.4, -0.2) is 9.55 Å². The SMILES string of the molecule is C=CCc1cc(C(C)C)c(-n2ccnc2)c(C(C)C)c1. The van der Waals surface area contributed by atoms with Gasteiger partial charge in [-0.2, -0.15) is 0 Å². The van der Waals surface area contributed by atoms with Crippen molar-refractivity contribution in [3.05, 3.63) is 60.2 Å². The van der Waals surface area contributed by atoms with Gasteiger partial charge in [0.1, 0.15) is 0 Å². The van der Waals surface area contributed by atoms with E-state index in [9.17, 15) is 0 Å². The van der Waals surface area contributed by atoms with Crippen molar-refractivity contribution in [2.75, 3.05) is 0 Å². The largest absolute Gasteiger partial charge is 0.306 e. The smallest absolute Gasteiger partial charge is 0.0991 e. The predicted molar refractivity (Wildman–Crippen MR) is 85.6 cm³/mol. The molecule has 1 aromatic heterocycles. The summed E-state index contributed by atoms with van der Waals surface area (Å²) in [7, 11) is 0. The number of hydrogen-bond acceptors (Lipinski definition) is 1. The van der Waals surface area contributed by atoms with Gasteiger partial charge in [-0.3, -0.25) is 0 Å². The summed E-state index contributed by atoms with van der Waals surface area (Å²) in [4.78, 5) is 4.20. The van der Waals surface area contributed by atoms with Crippen LogP contribution in [-0.2, 0) is 6.42 Å². The first kappa shape index (κ1) is 14.6. The summed E-state index contributed by atoms with van der Waals surface area (Å²) in [6.07, 6.45) is 8.65. The zero-order valence-electron chi connectivity index (χ0n) is 12.9. The molecule has 106 valence electrons. The van der Waals surface area contributed by atoms with Crippen LogP contribution < -0.4 is 0 Å². The van der Waals surface area contributed by atoms with Crippen molar-refractivity contribution in [1.82, 2.24) is 9.55 Å². The molecule has 2 aromatic rings. The minimum absolute atomic E-state index is 0.481. The second-order valence-corrected chi connectivity index (χ2v) is 5.90. The Morgan fingerprint density at radius 2 is 1.75 bits per heavy atom. The van der Waals surface area contributed by atoms with Gasteiger partial charge >= 0.3 is 0 Å². The van der Waals surface area contributed by atoms with Gasteiger partial charge in [0.15, 0.2) is 0 Å². The molecule has 0 bridgehead atoms. The number of aromatic nitrogens is 2. The Kier molecular flexibility index (Phi) is 4.43. The molecule has 2 rings (SSSR count). The summed E-state index contributed by atoms with van der Waals surface area (Å²) in [5.74, 6) is 0.962. The Morgan fingerprint density at radius 3 is 2.15 bits per heavy atom. The highest BCUT2D eigenvalue weighted by atomic mass is 15.0. The molecule has 0 N–H and O–H groups in total. The number of allylic oxidation sites excluding steroid dienone is 1. The van der Waals surface area contributed by atoms with Crippen LogP contribution in [0.25, 0.3) is 5.69 Å². The first-order valence-corrected chi connectivity index (χ1v) is 7.30. The van der Waals surface area contributed by atoms with E-state index in [0.29, 0.717) is 11.8 Å². The highest BCUT2D eigenvalue weighted by Gasteiger charge is 2.16. The first-order chi connectivity index (χ1) is 9.54. The van der Waals surface area contributed by atoms with Gasteiger partial charge in [0.05, 0.1) is 12.0 Å². The van der Waals surface area contributed by atoms with Gasteiger partial charge in [0.2, 0.25) is 0 Å². The maximum Gasteiger partial charge on any atom is 0.0991 e. The van der Waals surface area contributed by atoms with Crippen molar-refractivity contribution in [2.45, 2.75) is 46.0 Å². The van der Waals surface area contributed by atoms with Crippen LogP contribution in [0.1, 0.15) is 56.2 Å². The summed E-state index contributed by atoms with van der Waals surface area (Å²) in [5, 5.41) is 0. The highest BCUT2D eigenvalue weighted by molar-refractivity contribution is 5.53. The number of benzene rings is 1. The minimum atomic E-state index is 0.481. The van der Waals surface area contributed by atoms with Crippen LogP contribution in [0.4, 0.5) is 0 Å². The van der Waals surface area contributed by atoms with E-state index in [-0.39, 0.29) is 0 Å². The van der Waals surface area contributed by atoms with Crippen molar-refractivity contribution >= 4 is 0 Å². The lowest BCUT2D eigenvalue weighted by molar-refractivity contribution is 0.801. The average molecular weight is 268 g/mol. The van der Waals surface area contributed by atoms with Crippen LogP contribution in [0, 0.1) is 0 Å². The third-order valence-electron chi connectivity index (χ3n) is 3.62. The summed E-state index contributed by atoms with van der Waals surface area (Å²) in [6, 6.07) is 4.63. The van der Waals surface area contributed by atoms with Crippen molar-refractivity contribution in [1.29, 1.82) is 0 Å². The standard InChI is InChI=1S/C18H24N2/c1-6-7-15-10-16(13(2)3)18(17(11-15)14(4)5)20-9-8-19-12-20/h6,8-14H,1,7H2,2-5H3. The fourth-order valence-electron chi connectivity index (χ4n) is 2.60. The molecule has 0 atom stereocenters. The van der Waals surface area contributed by atoms with E-state index in [2.05, 4.69) is 56.0 Å². The molecule has 0 radical (unpaired) electrons. The van der Waals surface area contributed by atoms with Crippen LogP contribution >= 0.6 is 0 Å². The molecule has 2 nitrogen and oxygen atoms in total. The Labute approximate surface area is 122 Å². The molecular formula is C18H24N2. The molecule has 0 saturated carbocycles. The van der Waals surface area contributed by atoms with Crippen LogP contribution in [0.2, 0.25) is 0 Å². The summed E-state index contributed by atoms with van der Waals surface area (Å²) in [5.41, 5.74) is 5.40. The molecule has 0 fully saturated rings. The van der Waals surface area contributed by atoms with E-state index in [0.717, 1.165) is 6.42 Å². The van der Waals surface area contributed by atoms with Gasteiger partial charge in [-0.1, -0.05) is 45.9 Å². The second-order valence-electron chi connectivity index (χ2n) is 5.90. The zero-order valence-corrected chi connectivity index (χ0v) is 12.9. The lowest BCUT2D eigenvalue weighted by Gasteiger charge is -2.22. The van der Waals surface area contributed by atoms with E-state index < -0.39 is 0 Å². The average Bonchev–Trinajstić information content (AvgIpc) is 2.91. The van der Waals surface area contributed by atoms with Crippen LogP contribution in [0.3, 0.4) is 0 Å². The second kappa shape index (κ2) is 6.08. The van der Waals surface area contributed by atoms with Crippen LogP contribution in [0.5, 0.6) is 0 Å². The molecule has 0 saturated heterocycles. The van der Waals surface area contributed by atoms with E-state index in [4.69, 9.17) is 0 Å². The monoisotopic (exact) mass is 268 g/mol. The molecule has 0 amide bonds. The molecule has 0 aliphatic rings. The fraction of sp³-hybridized carbons (Fsp3) is 0.389. The lowest BCUT2D eigenvalue weighted by atomic mass is 9.89. The van der Waals surface area contributed by atoms with Crippen LogP contribution in [0.15, 0.2) is 43.5 Å². The molecule has 1 heterocycles. The Balaban J connectivity index is 2.71. The molecule has 0 aliphatic heterocycles. The van der Waals surface area contributed by atoms with Gasteiger partial charge in [-0.15, -0.1) is 6.58 Å². The molecule has 0 spiro atoms. The molecule has 0 unspecified atom stereocenters. The van der Waals surface area contributed by atoms with E-state index in [1.807, 2.05) is 24.8 Å². The normalized spacial score (nSPS) is 11.3. The van der Waals surface area contributed by atoms with Gasteiger partial charge in [0.25, 0.3) is 0 Å². The van der Waals surface area contributed by atoms with Crippen molar-refractivity contribution in [2.24, 2.45) is 0 Å². The highest BCUT2D eigenvalue weighted by Crippen LogP contribution is 2.32. The predicted octanol–water partition coefficient (Wildman–Crippen LogP) is 4.85. The maximum absolute atomic E-state index is 4.20. The topological polar surface area (TPSA) is 17.8 Å². The Hall–Kier alpha value is -1.83. The molecule has 1 aromatic carbocycles. The molecule has 0 aliphatic carbocycles. The summed E-state index contributed by atoms with van der Waals surface area (Å²) >= 11 is 0. The lowest BCUT2D eigenvalue weighted by Crippen LogP contribution is -2.07. The van der Waals surface area contributed by atoms with Gasteiger partial charge < -0.3 is 4.57 Å². The van der Waals surface area contributed by atoms with Gasteiger partial charge in [-0.25, -0.2) is 4.98 Å². The van der Waals surface area contributed by atoms with Crippen molar-refractivity contribution in [3.8, 4) is 5.69 Å². The van der Waals surface area contributed by atoms with E-state index in [1.54, 1.807) is 0 Å². The Bertz CT molecular complexity index is 548. The zero-order chi connectivity index (χ0) is 14.7. The first-order valence-electron chi connectivity index (χ1n) is 7.30. The van der Waals surface area contributed by atoms with Crippen molar-refractivity contribution < 1.29 is 0 Å². The summed E-state index contributed by atoms with van der Waals surface area (Å²) < 4.78 is 2.14. The number of imidazole rings is 1. The Morgan fingerprint density at radius 1 is 1.15 bits per heavy atom. The third kappa shape index (κ3) is 2.84. The van der Waals surface area contributed by atoms with Gasteiger partial charge in [-0.05, 0) is 34.9 Å². The minimum Gasteiger partial charge on any atom is -0.306 e. The summed E-state index contributed by atoms with van der Waals surface area (Å²) in [6.45, 7) is 12.9. The third-order valence-corrected chi connectivity index (χ3v) is 3.62. The van der Waals surface area contributed by atoms with Crippen molar-refractivity contribution in [3.63, 3.8) is 0 Å². The molecule has 20 heavy (non-hydrogen) atoms. The number of hydrogen-bond donors (Lipinski definition) is 0. The van der Waals surface area contributed by atoms with E-state index >= 15 is 0 Å². The van der Waals surface area contributed by atoms with Gasteiger partial charge in [0, 0.05) is 12.4 Å². The number of nitrogens with zero attached hydrogens (tertiary/aromatic N) is 2. The van der Waals surface area contributed by atoms with E-state index in [1.165, 1.54) is 22.4 Å². The molecule has 2 heteroatoms. The fourth-order valence-corrected chi connectivity index (χ4v) is 2.60. The molecular weight excluding hydrogens is 244 g/mol. The quantitative estimate of drug-likeness (QED) is 0.709. The number of rotatable bonds is 5. The maximum atomic E-state index is 4.20.